The topological polar surface area (TPSA) is 55.1 Å². The van der Waals surface area contributed by atoms with E-state index in [-0.39, 0.29) is 11.8 Å². The standard InChI is InChI=1S/C15H18N2O2/c1-15(2,3)11-4-6-13(7-5-11)17-9-12(16-10-17)8-14(18)19/h4-7,9-10H,8H2,1-3H3,(H,18,19). The van der Waals surface area contributed by atoms with Gasteiger partial charge in [-0.2, -0.15) is 0 Å². The van der Waals surface area contributed by atoms with Crippen molar-refractivity contribution in [2.24, 2.45) is 0 Å². The van der Waals surface area contributed by atoms with E-state index >= 15 is 0 Å². The first-order valence-corrected chi connectivity index (χ1v) is 6.22. The van der Waals surface area contributed by atoms with E-state index in [1.807, 2.05) is 16.7 Å². The molecule has 0 aliphatic carbocycles. The van der Waals surface area contributed by atoms with Crippen LogP contribution in [-0.2, 0) is 16.6 Å². The maximum Gasteiger partial charge on any atom is 0.309 e. The van der Waals surface area contributed by atoms with E-state index in [1.165, 1.54) is 5.56 Å². The molecule has 4 heteroatoms. The van der Waals surface area contributed by atoms with E-state index in [9.17, 15) is 4.79 Å². The van der Waals surface area contributed by atoms with Crippen LogP contribution in [0.1, 0.15) is 32.0 Å². The van der Waals surface area contributed by atoms with Gasteiger partial charge < -0.3 is 9.67 Å². The molecular formula is C15H18N2O2. The molecule has 19 heavy (non-hydrogen) atoms. The molecule has 1 N–H and O–H groups in total. The average Bonchev–Trinajstić information content (AvgIpc) is 2.75. The smallest absolute Gasteiger partial charge is 0.309 e. The predicted octanol–water partition coefficient (Wildman–Crippen LogP) is 2.80. The Bertz CT molecular complexity index is 577. The molecule has 2 rings (SSSR count). The van der Waals surface area contributed by atoms with Gasteiger partial charge in [0.1, 0.15) is 0 Å². The van der Waals surface area contributed by atoms with Crippen molar-refractivity contribution in [1.82, 2.24) is 9.55 Å². The van der Waals surface area contributed by atoms with Crippen molar-refractivity contribution in [3.63, 3.8) is 0 Å². The van der Waals surface area contributed by atoms with Gasteiger partial charge in [0.25, 0.3) is 0 Å². The maximum absolute atomic E-state index is 10.6. The largest absolute Gasteiger partial charge is 0.481 e. The minimum Gasteiger partial charge on any atom is -0.481 e. The van der Waals surface area contributed by atoms with Crippen LogP contribution in [-0.4, -0.2) is 20.6 Å². The Morgan fingerprint density at radius 2 is 1.89 bits per heavy atom. The van der Waals surface area contributed by atoms with Gasteiger partial charge >= 0.3 is 5.97 Å². The van der Waals surface area contributed by atoms with Crippen LogP contribution in [0.4, 0.5) is 0 Å². The van der Waals surface area contributed by atoms with Crippen LogP contribution >= 0.6 is 0 Å². The molecule has 4 nitrogen and oxygen atoms in total. The lowest BCUT2D eigenvalue weighted by atomic mass is 9.87. The van der Waals surface area contributed by atoms with Gasteiger partial charge in [0.05, 0.1) is 18.4 Å². The first-order chi connectivity index (χ1) is 8.86. The molecule has 0 spiro atoms. The summed E-state index contributed by atoms with van der Waals surface area (Å²) >= 11 is 0. The third-order valence-electron chi connectivity index (χ3n) is 3.00. The summed E-state index contributed by atoms with van der Waals surface area (Å²) in [4.78, 5) is 14.7. The van der Waals surface area contributed by atoms with Gasteiger partial charge in [0.2, 0.25) is 0 Å². The van der Waals surface area contributed by atoms with Crippen molar-refractivity contribution < 1.29 is 9.90 Å². The second-order valence-corrected chi connectivity index (χ2v) is 5.64. The number of hydrogen-bond donors (Lipinski definition) is 1. The average molecular weight is 258 g/mol. The fraction of sp³-hybridized carbons (Fsp3) is 0.333. The summed E-state index contributed by atoms with van der Waals surface area (Å²) in [5, 5.41) is 8.72. The summed E-state index contributed by atoms with van der Waals surface area (Å²) in [5.41, 5.74) is 2.94. The number of benzene rings is 1. The van der Waals surface area contributed by atoms with Gasteiger partial charge in [-0.3, -0.25) is 4.79 Å². The third kappa shape index (κ3) is 3.22. The molecule has 0 saturated carbocycles. The highest BCUT2D eigenvalue weighted by Gasteiger charge is 2.13. The third-order valence-corrected chi connectivity index (χ3v) is 3.00. The molecule has 2 aromatic rings. The monoisotopic (exact) mass is 258 g/mol. The van der Waals surface area contributed by atoms with Crippen molar-refractivity contribution in [2.75, 3.05) is 0 Å². The second kappa shape index (κ2) is 4.88. The van der Waals surface area contributed by atoms with Crippen molar-refractivity contribution in [3.05, 3.63) is 48.0 Å². The molecule has 0 unspecified atom stereocenters. The Kier molecular flexibility index (Phi) is 3.42. The summed E-state index contributed by atoms with van der Waals surface area (Å²) in [5.74, 6) is -0.867. The van der Waals surface area contributed by atoms with Gasteiger partial charge in [-0.25, -0.2) is 4.98 Å². The van der Waals surface area contributed by atoms with E-state index < -0.39 is 5.97 Å². The number of nitrogens with zero attached hydrogens (tertiary/aromatic N) is 2. The van der Waals surface area contributed by atoms with Crippen LogP contribution in [0.2, 0.25) is 0 Å². The minimum atomic E-state index is -0.867. The van der Waals surface area contributed by atoms with Crippen LogP contribution < -0.4 is 0 Å². The Labute approximate surface area is 112 Å². The fourth-order valence-electron chi connectivity index (χ4n) is 1.88. The number of aromatic nitrogens is 2. The van der Waals surface area contributed by atoms with E-state index in [2.05, 4.69) is 37.9 Å². The van der Waals surface area contributed by atoms with Crippen molar-refractivity contribution in [1.29, 1.82) is 0 Å². The highest BCUT2D eigenvalue weighted by molar-refractivity contribution is 5.69. The number of imidazole rings is 1. The molecule has 1 aromatic carbocycles. The quantitative estimate of drug-likeness (QED) is 0.921. The molecule has 0 fully saturated rings. The summed E-state index contributed by atoms with van der Waals surface area (Å²) in [6, 6.07) is 8.22. The lowest BCUT2D eigenvalue weighted by Gasteiger charge is -2.19. The maximum atomic E-state index is 10.6. The molecule has 100 valence electrons. The van der Waals surface area contributed by atoms with Gasteiger partial charge in [-0.15, -0.1) is 0 Å². The van der Waals surface area contributed by atoms with Gasteiger partial charge in [0.15, 0.2) is 0 Å². The zero-order chi connectivity index (χ0) is 14.0. The van der Waals surface area contributed by atoms with E-state index in [1.54, 1.807) is 12.5 Å². The summed E-state index contributed by atoms with van der Waals surface area (Å²) in [6.45, 7) is 6.51. The Morgan fingerprint density at radius 3 is 2.42 bits per heavy atom. The lowest BCUT2D eigenvalue weighted by Crippen LogP contribution is -2.10. The molecule has 0 bridgehead atoms. The van der Waals surface area contributed by atoms with Crippen LogP contribution in [0.3, 0.4) is 0 Å². The number of aliphatic carboxylic acids is 1. The lowest BCUT2D eigenvalue weighted by molar-refractivity contribution is -0.136. The molecule has 0 atom stereocenters. The second-order valence-electron chi connectivity index (χ2n) is 5.64. The van der Waals surface area contributed by atoms with Crippen LogP contribution in [0.25, 0.3) is 5.69 Å². The van der Waals surface area contributed by atoms with Gasteiger partial charge in [-0.1, -0.05) is 32.9 Å². The Morgan fingerprint density at radius 1 is 1.26 bits per heavy atom. The van der Waals surface area contributed by atoms with Crippen molar-refractivity contribution in [3.8, 4) is 5.69 Å². The Hall–Kier alpha value is -2.10. The predicted molar refractivity (Wildman–Crippen MR) is 73.6 cm³/mol. The first kappa shape index (κ1) is 13.3. The fourth-order valence-corrected chi connectivity index (χ4v) is 1.88. The molecule has 0 aliphatic heterocycles. The molecular weight excluding hydrogens is 240 g/mol. The highest BCUT2D eigenvalue weighted by Crippen LogP contribution is 2.23. The summed E-state index contributed by atoms with van der Waals surface area (Å²) in [6.07, 6.45) is 3.34. The number of hydrogen-bond acceptors (Lipinski definition) is 2. The van der Waals surface area contributed by atoms with Crippen LogP contribution in [0.5, 0.6) is 0 Å². The van der Waals surface area contributed by atoms with E-state index in [0.717, 1.165) is 5.69 Å². The number of carboxylic acid groups (broad SMARTS) is 1. The molecule has 0 amide bonds. The number of rotatable bonds is 3. The van der Waals surface area contributed by atoms with Crippen LogP contribution in [0.15, 0.2) is 36.8 Å². The normalized spacial score (nSPS) is 11.5. The molecule has 1 aromatic heterocycles. The van der Waals surface area contributed by atoms with E-state index in [0.29, 0.717) is 5.69 Å². The zero-order valence-corrected chi connectivity index (χ0v) is 11.4. The summed E-state index contributed by atoms with van der Waals surface area (Å²) < 4.78 is 1.84. The van der Waals surface area contributed by atoms with E-state index in [4.69, 9.17) is 5.11 Å². The number of carboxylic acids is 1. The minimum absolute atomic E-state index is 0.0485. The highest BCUT2D eigenvalue weighted by atomic mass is 16.4. The van der Waals surface area contributed by atoms with Gasteiger partial charge in [0, 0.05) is 11.9 Å². The molecule has 0 saturated heterocycles. The van der Waals surface area contributed by atoms with Crippen molar-refractivity contribution in [2.45, 2.75) is 32.6 Å². The Balaban J connectivity index is 2.23. The number of carbonyl (C=O) groups is 1. The zero-order valence-electron chi connectivity index (χ0n) is 11.4. The molecule has 1 heterocycles. The molecule has 0 aliphatic rings. The first-order valence-electron chi connectivity index (χ1n) is 6.22. The molecule has 0 radical (unpaired) electrons. The van der Waals surface area contributed by atoms with Crippen molar-refractivity contribution >= 4 is 5.97 Å². The summed E-state index contributed by atoms with van der Waals surface area (Å²) in [7, 11) is 0. The SMILES string of the molecule is CC(C)(C)c1ccc(-n2cnc(CC(=O)O)c2)cc1. The van der Waals surface area contributed by atoms with Gasteiger partial charge in [-0.05, 0) is 23.1 Å². The van der Waals surface area contributed by atoms with Crippen LogP contribution in [0, 0.1) is 0 Å².